The van der Waals surface area contributed by atoms with Crippen LogP contribution in [0.2, 0.25) is 5.15 Å². The molecule has 0 fully saturated rings. The number of nitrogens with zero attached hydrogens (tertiary/aromatic N) is 3. The highest BCUT2D eigenvalue weighted by atomic mass is 35.5. The fourth-order valence-corrected chi connectivity index (χ4v) is 1.73. The monoisotopic (exact) mass is 243 g/mol. The van der Waals surface area contributed by atoms with E-state index in [0.29, 0.717) is 17.4 Å². The number of halogens is 1. The summed E-state index contributed by atoms with van der Waals surface area (Å²) < 4.78 is 0. The van der Waals surface area contributed by atoms with E-state index >= 15 is 0 Å². The molecule has 0 aliphatic carbocycles. The molecular weight excluding hydrogens is 226 g/mol. The first-order valence-electron chi connectivity index (χ1n) is 5.46. The highest BCUT2D eigenvalue weighted by molar-refractivity contribution is 6.31. The lowest BCUT2D eigenvalue weighted by atomic mass is 10.3. The number of rotatable bonds is 5. The number of aromatic nitrogens is 2. The molecule has 0 bridgehead atoms. The summed E-state index contributed by atoms with van der Waals surface area (Å²) in [5.74, 6) is 0.709. The van der Waals surface area contributed by atoms with Gasteiger partial charge in [0.2, 0.25) is 0 Å². The van der Waals surface area contributed by atoms with E-state index in [1.807, 2.05) is 25.7 Å². The van der Waals surface area contributed by atoms with Crippen molar-refractivity contribution < 1.29 is 5.11 Å². The second kappa shape index (κ2) is 6.01. The average molecular weight is 244 g/mol. The zero-order chi connectivity index (χ0) is 12.1. The second-order valence-corrected chi connectivity index (χ2v) is 4.02. The number of hydrogen-bond donors (Lipinski definition) is 1. The maximum absolute atomic E-state index is 8.83. The summed E-state index contributed by atoms with van der Waals surface area (Å²) in [6, 6.07) is 0. The summed E-state index contributed by atoms with van der Waals surface area (Å²) in [6.45, 7) is 7.56. The molecule has 1 aromatic rings. The van der Waals surface area contributed by atoms with Gasteiger partial charge in [-0.05, 0) is 27.2 Å². The van der Waals surface area contributed by atoms with Crippen molar-refractivity contribution in [2.45, 2.75) is 27.2 Å². The van der Waals surface area contributed by atoms with Gasteiger partial charge in [0, 0.05) is 19.7 Å². The molecule has 0 unspecified atom stereocenters. The van der Waals surface area contributed by atoms with Crippen molar-refractivity contribution in [3.63, 3.8) is 0 Å². The van der Waals surface area contributed by atoms with Gasteiger partial charge in [-0.15, -0.1) is 0 Å². The van der Waals surface area contributed by atoms with Crippen LogP contribution < -0.4 is 4.90 Å². The number of aliphatic hydroxyl groups is 1. The van der Waals surface area contributed by atoms with E-state index in [-0.39, 0.29) is 6.61 Å². The molecule has 0 atom stereocenters. The summed E-state index contributed by atoms with van der Waals surface area (Å²) in [5.41, 5.74) is 1.74. The molecule has 90 valence electrons. The highest BCUT2D eigenvalue weighted by Gasteiger charge is 2.13. The summed E-state index contributed by atoms with van der Waals surface area (Å²) in [5, 5.41) is 9.26. The fraction of sp³-hybridized carbons (Fsp3) is 0.636. The molecule has 0 saturated carbocycles. The lowest BCUT2D eigenvalue weighted by molar-refractivity contribution is 0.289. The Labute approximate surface area is 101 Å². The molecule has 1 rings (SSSR count). The molecular formula is C11H18ClN3O. The maximum Gasteiger partial charge on any atom is 0.171 e. The Hall–Kier alpha value is -0.870. The van der Waals surface area contributed by atoms with E-state index in [4.69, 9.17) is 16.7 Å². The molecule has 0 amide bonds. The first-order valence-corrected chi connectivity index (χ1v) is 5.84. The van der Waals surface area contributed by atoms with Crippen LogP contribution in [0.15, 0.2) is 0 Å². The van der Waals surface area contributed by atoms with Crippen molar-refractivity contribution >= 4 is 17.4 Å². The molecule has 0 aliphatic rings. The molecule has 16 heavy (non-hydrogen) atoms. The third kappa shape index (κ3) is 3.06. The van der Waals surface area contributed by atoms with Crippen LogP contribution in [-0.4, -0.2) is 34.8 Å². The molecule has 5 heteroatoms. The van der Waals surface area contributed by atoms with E-state index in [9.17, 15) is 0 Å². The zero-order valence-electron chi connectivity index (χ0n) is 10.00. The Balaban J connectivity index is 2.95. The van der Waals surface area contributed by atoms with Gasteiger partial charge in [-0.3, -0.25) is 0 Å². The molecule has 1 aromatic heterocycles. The molecule has 0 aliphatic heterocycles. The Bertz CT molecular complexity index is 357. The van der Waals surface area contributed by atoms with Gasteiger partial charge in [-0.2, -0.15) is 0 Å². The number of aryl methyl sites for hydroxylation is 2. The van der Waals surface area contributed by atoms with Gasteiger partial charge in [0.05, 0.1) is 11.4 Å². The molecule has 0 aromatic carbocycles. The minimum Gasteiger partial charge on any atom is -0.396 e. The van der Waals surface area contributed by atoms with Gasteiger partial charge in [0.25, 0.3) is 0 Å². The van der Waals surface area contributed by atoms with E-state index in [1.54, 1.807) is 0 Å². The summed E-state index contributed by atoms with van der Waals surface area (Å²) >= 11 is 6.08. The molecule has 0 saturated heterocycles. The summed E-state index contributed by atoms with van der Waals surface area (Å²) in [7, 11) is 0. The predicted molar refractivity (Wildman–Crippen MR) is 66.1 cm³/mol. The van der Waals surface area contributed by atoms with E-state index in [2.05, 4.69) is 9.97 Å². The van der Waals surface area contributed by atoms with Crippen molar-refractivity contribution in [1.29, 1.82) is 0 Å². The largest absolute Gasteiger partial charge is 0.396 e. The van der Waals surface area contributed by atoms with E-state index < -0.39 is 0 Å². The maximum atomic E-state index is 8.83. The Morgan fingerprint density at radius 2 is 1.88 bits per heavy atom. The van der Waals surface area contributed by atoms with Crippen molar-refractivity contribution in [3.8, 4) is 0 Å². The van der Waals surface area contributed by atoms with E-state index in [1.165, 1.54) is 0 Å². The van der Waals surface area contributed by atoms with Crippen molar-refractivity contribution in [2.75, 3.05) is 24.6 Å². The third-order valence-electron chi connectivity index (χ3n) is 2.51. The third-order valence-corrected chi connectivity index (χ3v) is 2.77. The van der Waals surface area contributed by atoms with Crippen LogP contribution in [0.1, 0.15) is 24.7 Å². The minimum atomic E-state index is 0.173. The number of anilines is 1. The van der Waals surface area contributed by atoms with Crippen LogP contribution in [0.5, 0.6) is 0 Å². The number of aliphatic hydroxyl groups excluding tert-OH is 1. The Kier molecular flexibility index (Phi) is 4.96. The highest BCUT2D eigenvalue weighted by Crippen LogP contribution is 2.22. The first kappa shape index (κ1) is 13.2. The van der Waals surface area contributed by atoms with Gasteiger partial charge >= 0.3 is 0 Å². The van der Waals surface area contributed by atoms with Crippen molar-refractivity contribution in [1.82, 2.24) is 9.97 Å². The van der Waals surface area contributed by atoms with Gasteiger partial charge in [0.1, 0.15) is 0 Å². The van der Waals surface area contributed by atoms with Gasteiger partial charge in [0.15, 0.2) is 11.0 Å². The standard InChI is InChI=1S/C11H18ClN3O/c1-4-15(6-5-7-16)11-10(12)13-8(2)9(3)14-11/h16H,4-7H2,1-3H3. The summed E-state index contributed by atoms with van der Waals surface area (Å²) in [4.78, 5) is 10.7. The zero-order valence-corrected chi connectivity index (χ0v) is 10.8. The van der Waals surface area contributed by atoms with Crippen LogP contribution in [0.3, 0.4) is 0 Å². The Morgan fingerprint density at radius 1 is 1.25 bits per heavy atom. The van der Waals surface area contributed by atoms with E-state index in [0.717, 1.165) is 24.5 Å². The van der Waals surface area contributed by atoms with Crippen LogP contribution >= 0.6 is 11.6 Å². The second-order valence-electron chi connectivity index (χ2n) is 3.67. The van der Waals surface area contributed by atoms with Gasteiger partial charge < -0.3 is 10.0 Å². The molecule has 0 spiro atoms. The molecule has 0 radical (unpaired) electrons. The summed E-state index contributed by atoms with van der Waals surface area (Å²) in [6.07, 6.45) is 0.707. The first-order chi connectivity index (χ1) is 7.60. The topological polar surface area (TPSA) is 49.2 Å². The fourth-order valence-electron chi connectivity index (χ4n) is 1.44. The lowest BCUT2D eigenvalue weighted by Crippen LogP contribution is -2.26. The van der Waals surface area contributed by atoms with Gasteiger partial charge in [-0.1, -0.05) is 11.6 Å². The van der Waals surface area contributed by atoms with Crippen LogP contribution in [0.25, 0.3) is 0 Å². The number of hydrogen-bond acceptors (Lipinski definition) is 4. The lowest BCUT2D eigenvalue weighted by Gasteiger charge is -2.22. The quantitative estimate of drug-likeness (QED) is 0.859. The molecule has 1 heterocycles. The average Bonchev–Trinajstić information content (AvgIpc) is 2.26. The molecule has 1 N–H and O–H groups in total. The Morgan fingerprint density at radius 3 is 2.44 bits per heavy atom. The van der Waals surface area contributed by atoms with Gasteiger partial charge in [-0.25, -0.2) is 9.97 Å². The smallest absolute Gasteiger partial charge is 0.171 e. The molecule has 4 nitrogen and oxygen atoms in total. The van der Waals surface area contributed by atoms with Crippen LogP contribution in [-0.2, 0) is 0 Å². The van der Waals surface area contributed by atoms with Crippen molar-refractivity contribution in [2.24, 2.45) is 0 Å². The minimum absolute atomic E-state index is 0.173. The predicted octanol–water partition coefficient (Wildman–Crippen LogP) is 1.96. The van der Waals surface area contributed by atoms with Crippen molar-refractivity contribution in [3.05, 3.63) is 16.5 Å². The van der Waals surface area contributed by atoms with Crippen LogP contribution in [0, 0.1) is 13.8 Å². The normalized spacial score (nSPS) is 10.6. The SMILES string of the molecule is CCN(CCCO)c1nc(C)c(C)nc1Cl. The van der Waals surface area contributed by atoms with Crippen LogP contribution in [0.4, 0.5) is 5.82 Å².